The number of hydrogen-bond acceptors (Lipinski definition) is 4. The van der Waals surface area contributed by atoms with Crippen molar-refractivity contribution in [3.63, 3.8) is 0 Å². The first kappa shape index (κ1) is 13.8. The second kappa shape index (κ2) is 5.17. The van der Waals surface area contributed by atoms with Crippen LogP contribution < -0.4 is 4.72 Å². The van der Waals surface area contributed by atoms with Crippen molar-refractivity contribution in [2.24, 2.45) is 5.92 Å². The van der Waals surface area contributed by atoms with Crippen molar-refractivity contribution in [2.75, 3.05) is 0 Å². The van der Waals surface area contributed by atoms with Crippen LogP contribution in [0.1, 0.15) is 24.8 Å². The Labute approximate surface area is 116 Å². The molecule has 7 heteroatoms. The molecule has 1 aromatic rings. The highest BCUT2D eigenvalue weighted by molar-refractivity contribution is 7.91. The van der Waals surface area contributed by atoms with E-state index in [2.05, 4.69) is 10.8 Å². The summed E-state index contributed by atoms with van der Waals surface area (Å²) in [6.07, 6.45) is 2.36. The van der Waals surface area contributed by atoms with Gasteiger partial charge in [0.2, 0.25) is 10.0 Å². The number of nitrogens with zero attached hydrogens (tertiary/aromatic N) is 1. The number of sulfonamides is 1. The Morgan fingerprint density at radius 1 is 1.56 bits per heavy atom. The molecule has 1 N–H and O–H groups in total. The average molecular weight is 305 g/mol. The normalized spacial score (nSPS) is 24.1. The zero-order chi connectivity index (χ0) is 13.3. The molecule has 0 amide bonds. The van der Waals surface area contributed by atoms with Gasteiger partial charge in [-0.05, 0) is 31.4 Å². The molecule has 1 saturated carbocycles. The molecule has 2 atom stereocenters. The molecule has 1 fully saturated rings. The van der Waals surface area contributed by atoms with Crippen LogP contribution in [0, 0.1) is 24.2 Å². The molecule has 1 heterocycles. The van der Waals surface area contributed by atoms with Crippen LogP contribution >= 0.6 is 22.9 Å². The Morgan fingerprint density at radius 3 is 2.83 bits per heavy atom. The molecule has 1 aliphatic carbocycles. The van der Waals surface area contributed by atoms with E-state index in [1.807, 2.05) is 0 Å². The van der Waals surface area contributed by atoms with Gasteiger partial charge in [-0.3, -0.25) is 0 Å². The number of rotatable bonds is 3. The maximum Gasteiger partial charge on any atom is 0.250 e. The van der Waals surface area contributed by atoms with Crippen LogP contribution in [-0.4, -0.2) is 14.5 Å². The second-order valence-corrected chi connectivity index (χ2v) is 8.01. The molecule has 0 bridgehead atoms. The minimum atomic E-state index is -3.56. The van der Waals surface area contributed by atoms with Gasteiger partial charge in [0.25, 0.3) is 0 Å². The third-order valence-corrected chi connectivity index (χ3v) is 6.61. The quantitative estimate of drug-likeness (QED) is 0.933. The Bertz CT molecular complexity index is 569. The van der Waals surface area contributed by atoms with Crippen molar-refractivity contribution in [3.8, 4) is 6.07 Å². The maximum absolute atomic E-state index is 12.1. The van der Waals surface area contributed by atoms with Crippen LogP contribution in [0.5, 0.6) is 0 Å². The fraction of sp³-hybridized carbons (Fsp3) is 0.545. The van der Waals surface area contributed by atoms with E-state index in [-0.39, 0.29) is 16.2 Å². The summed E-state index contributed by atoms with van der Waals surface area (Å²) in [5.41, 5.74) is 0.755. The standard InChI is InChI=1S/C11H13ClN2O2S2/c1-7-5-10(17-11(7)12)18(15,16)14-9-4-2-3-8(9)6-13/h5,8-9,14H,2-4H2,1H3. The van der Waals surface area contributed by atoms with Crippen LogP contribution in [0.3, 0.4) is 0 Å². The third kappa shape index (κ3) is 2.69. The van der Waals surface area contributed by atoms with E-state index in [9.17, 15) is 8.42 Å². The van der Waals surface area contributed by atoms with Crippen molar-refractivity contribution in [1.82, 2.24) is 4.72 Å². The Kier molecular flexibility index (Phi) is 3.97. The lowest BCUT2D eigenvalue weighted by atomic mass is 10.1. The summed E-state index contributed by atoms with van der Waals surface area (Å²) >= 11 is 6.93. The lowest BCUT2D eigenvalue weighted by molar-refractivity contribution is 0.516. The number of hydrogen-bond donors (Lipinski definition) is 1. The predicted octanol–water partition coefficient (Wildman–Crippen LogP) is 2.68. The van der Waals surface area contributed by atoms with Crippen LogP contribution in [0.4, 0.5) is 0 Å². The maximum atomic E-state index is 12.1. The predicted molar refractivity (Wildman–Crippen MR) is 71.1 cm³/mol. The lowest BCUT2D eigenvalue weighted by Crippen LogP contribution is -2.36. The summed E-state index contributed by atoms with van der Waals surface area (Å²) in [5, 5.41) is 8.95. The summed E-state index contributed by atoms with van der Waals surface area (Å²) in [6.45, 7) is 1.77. The van der Waals surface area contributed by atoms with Crippen LogP contribution in [0.25, 0.3) is 0 Å². The monoisotopic (exact) mass is 304 g/mol. The molecule has 1 aliphatic rings. The molecule has 0 spiro atoms. The fourth-order valence-electron chi connectivity index (χ4n) is 2.08. The highest BCUT2D eigenvalue weighted by atomic mass is 35.5. The Morgan fingerprint density at radius 2 is 2.28 bits per heavy atom. The minimum Gasteiger partial charge on any atom is -0.206 e. The summed E-state index contributed by atoms with van der Waals surface area (Å²) in [7, 11) is -3.56. The zero-order valence-corrected chi connectivity index (χ0v) is 12.2. The number of halogens is 1. The van der Waals surface area contributed by atoms with Gasteiger partial charge < -0.3 is 0 Å². The SMILES string of the molecule is Cc1cc(S(=O)(=O)NC2CCCC2C#N)sc1Cl. The number of nitrogens with one attached hydrogen (secondary N) is 1. The molecule has 0 aromatic carbocycles. The van der Waals surface area contributed by atoms with Gasteiger partial charge in [0.15, 0.2) is 0 Å². The van der Waals surface area contributed by atoms with Gasteiger partial charge in [0, 0.05) is 6.04 Å². The zero-order valence-electron chi connectivity index (χ0n) is 9.81. The molecule has 0 aliphatic heterocycles. The van der Waals surface area contributed by atoms with Gasteiger partial charge in [0.05, 0.1) is 16.3 Å². The van der Waals surface area contributed by atoms with Gasteiger partial charge in [-0.2, -0.15) is 5.26 Å². The fourth-order valence-corrected chi connectivity index (χ4v) is 5.11. The van der Waals surface area contributed by atoms with E-state index in [4.69, 9.17) is 16.9 Å². The third-order valence-electron chi connectivity index (χ3n) is 3.09. The van der Waals surface area contributed by atoms with Gasteiger partial charge in [0.1, 0.15) is 4.21 Å². The smallest absolute Gasteiger partial charge is 0.206 e. The Balaban J connectivity index is 2.20. The van der Waals surface area contributed by atoms with Gasteiger partial charge >= 0.3 is 0 Å². The largest absolute Gasteiger partial charge is 0.250 e. The topological polar surface area (TPSA) is 70.0 Å². The van der Waals surface area contributed by atoms with Gasteiger partial charge in [-0.15, -0.1) is 11.3 Å². The first-order valence-electron chi connectivity index (χ1n) is 5.62. The minimum absolute atomic E-state index is 0.216. The molecule has 2 rings (SSSR count). The Hall–Kier alpha value is -0.610. The summed E-state index contributed by atoms with van der Waals surface area (Å²) in [4.78, 5) is 0. The van der Waals surface area contributed by atoms with Crippen LogP contribution in [0.15, 0.2) is 10.3 Å². The molecule has 1 aromatic heterocycles. The van der Waals surface area contributed by atoms with Gasteiger partial charge in [-0.1, -0.05) is 18.0 Å². The van der Waals surface area contributed by atoms with Crippen LogP contribution in [0.2, 0.25) is 4.34 Å². The molecule has 18 heavy (non-hydrogen) atoms. The van der Waals surface area contributed by atoms with E-state index < -0.39 is 10.0 Å². The summed E-state index contributed by atoms with van der Waals surface area (Å²) < 4.78 is 27.6. The summed E-state index contributed by atoms with van der Waals surface area (Å²) in [5.74, 6) is -0.226. The average Bonchev–Trinajstić information content (AvgIpc) is 2.86. The van der Waals surface area contributed by atoms with Gasteiger partial charge in [-0.25, -0.2) is 13.1 Å². The molecule has 98 valence electrons. The van der Waals surface area contributed by atoms with Crippen molar-refractivity contribution < 1.29 is 8.42 Å². The molecule has 0 radical (unpaired) electrons. The first-order valence-corrected chi connectivity index (χ1v) is 8.29. The van der Waals surface area contributed by atoms with E-state index in [0.717, 1.165) is 36.2 Å². The van der Waals surface area contributed by atoms with E-state index in [1.165, 1.54) is 0 Å². The highest BCUT2D eigenvalue weighted by Crippen LogP contribution is 2.32. The molecule has 2 unspecified atom stereocenters. The van der Waals surface area contributed by atoms with Crippen molar-refractivity contribution in [2.45, 2.75) is 36.4 Å². The van der Waals surface area contributed by atoms with E-state index in [0.29, 0.717) is 4.34 Å². The summed E-state index contributed by atoms with van der Waals surface area (Å²) in [6, 6.07) is 3.44. The molecule has 4 nitrogen and oxygen atoms in total. The van der Waals surface area contributed by atoms with Crippen LogP contribution in [-0.2, 0) is 10.0 Å². The van der Waals surface area contributed by atoms with Crippen molar-refractivity contribution >= 4 is 33.0 Å². The molecular weight excluding hydrogens is 292 g/mol. The number of aryl methyl sites for hydroxylation is 1. The molecular formula is C11H13ClN2O2S2. The number of thiophene rings is 1. The molecule has 0 saturated heterocycles. The van der Waals surface area contributed by atoms with Crippen molar-refractivity contribution in [3.05, 3.63) is 16.0 Å². The highest BCUT2D eigenvalue weighted by Gasteiger charge is 2.32. The number of nitriles is 1. The second-order valence-electron chi connectivity index (χ2n) is 4.42. The lowest BCUT2D eigenvalue weighted by Gasteiger charge is -2.14. The van der Waals surface area contributed by atoms with E-state index in [1.54, 1.807) is 13.0 Å². The first-order chi connectivity index (χ1) is 8.44. The van der Waals surface area contributed by atoms with Crippen molar-refractivity contribution in [1.29, 1.82) is 5.26 Å². The van der Waals surface area contributed by atoms with E-state index >= 15 is 0 Å².